The zero-order valence-corrected chi connectivity index (χ0v) is 47.6. The molecule has 74 heavy (non-hydrogen) atoms. The van der Waals surface area contributed by atoms with Gasteiger partial charge in [-0.1, -0.05) is 223 Å². The lowest BCUT2D eigenvalue weighted by Crippen LogP contribution is -2.60. The Hall–Kier alpha value is -2.38. The average molecular weight is 1050 g/mol. The second-order valence-corrected chi connectivity index (χ2v) is 21.4. The minimum atomic E-state index is -1.57. The van der Waals surface area contributed by atoms with Gasteiger partial charge < -0.3 is 45.1 Å². The third-order valence-electron chi connectivity index (χ3n) is 14.4. The van der Waals surface area contributed by atoms with Crippen molar-refractivity contribution in [2.75, 3.05) is 19.8 Å². The number of hydrogen-bond donors (Lipinski definition) is 6. The zero-order chi connectivity index (χ0) is 53.8. The molecule has 1 fully saturated rings. The SMILES string of the molecule is CCCCC/C=C\C/C=C\CCCCCCCCCC(=O)OCCCCCCCCCCC/C=C\CCCCCCCCCC(=O)NC(COC1OC(CO)C(O)C(O)C1O)C(O)/C=C/CCCCCCCCC. The number of hydrogen-bond acceptors (Lipinski definition) is 10. The summed E-state index contributed by atoms with van der Waals surface area (Å²) in [7, 11) is 0. The minimum absolute atomic E-state index is 0.0160. The van der Waals surface area contributed by atoms with Crippen LogP contribution in [-0.4, -0.2) is 100 Å². The van der Waals surface area contributed by atoms with Crippen molar-refractivity contribution in [2.24, 2.45) is 0 Å². The first-order chi connectivity index (χ1) is 36.2. The molecule has 432 valence electrons. The minimum Gasteiger partial charge on any atom is -0.466 e. The van der Waals surface area contributed by atoms with Crippen molar-refractivity contribution < 1.29 is 49.3 Å². The molecule has 0 aliphatic carbocycles. The summed E-state index contributed by atoms with van der Waals surface area (Å²) in [6.45, 7) is 4.27. The maximum absolute atomic E-state index is 13.0. The van der Waals surface area contributed by atoms with Crippen LogP contribution >= 0.6 is 0 Å². The molecule has 0 aromatic heterocycles. The standard InChI is InChI=1S/C63H115NO10/c1-3-5-7-9-11-13-14-15-16-21-25-28-31-35-39-43-47-51-59(68)72-52-48-44-40-36-32-29-26-23-20-18-17-19-22-24-27-30-34-38-42-46-50-58(67)64-55(56(66)49-45-41-37-33-12-10-8-6-4-2)54-73-63-62(71)61(70)60(69)57(53-65)74-63/h11,13,15-17,19,45,49,55-57,60-63,65-66,69-71H,3-10,12,14,18,20-44,46-48,50-54H2,1-2H3,(H,64,67)/b13-11-,16-15-,19-17-,49-45+. The summed E-state index contributed by atoms with van der Waals surface area (Å²) >= 11 is 0. The Bertz CT molecular complexity index is 1370. The number of aliphatic hydroxyl groups excluding tert-OH is 5. The Morgan fingerprint density at radius 3 is 1.41 bits per heavy atom. The quantitative estimate of drug-likeness (QED) is 0.0195. The van der Waals surface area contributed by atoms with Crippen molar-refractivity contribution >= 4 is 11.9 Å². The molecule has 7 atom stereocenters. The lowest BCUT2D eigenvalue weighted by Gasteiger charge is -2.40. The van der Waals surface area contributed by atoms with E-state index < -0.39 is 49.5 Å². The van der Waals surface area contributed by atoms with Gasteiger partial charge in [0.2, 0.25) is 5.91 Å². The van der Waals surface area contributed by atoms with Gasteiger partial charge in [-0.3, -0.25) is 9.59 Å². The molecule has 1 aliphatic heterocycles. The second-order valence-electron chi connectivity index (χ2n) is 21.4. The smallest absolute Gasteiger partial charge is 0.305 e. The van der Waals surface area contributed by atoms with Gasteiger partial charge >= 0.3 is 5.97 Å². The van der Waals surface area contributed by atoms with Gasteiger partial charge in [0.25, 0.3) is 0 Å². The van der Waals surface area contributed by atoms with Gasteiger partial charge in [0.05, 0.1) is 32.0 Å². The first kappa shape index (κ1) is 69.6. The topological polar surface area (TPSA) is 175 Å². The van der Waals surface area contributed by atoms with Gasteiger partial charge in [-0.25, -0.2) is 0 Å². The number of nitrogens with one attached hydrogen (secondary N) is 1. The predicted molar refractivity (Wildman–Crippen MR) is 306 cm³/mol. The van der Waals surface area contributed by atoms with E-state index in [0.29, 0.717) is 19.4 Å². The van der Waals surface area contributed by atoms with Crippen molar-refractivity contribution in [2.45, 2.75) is 320 Å². The monoisotopic (exact) mass is 1050 g/mol. The van der Waals surface area contributed by atoms with Crippen LogP contribution in [0.3, 0.4) is 0 Å². The fraction of sp³-hybridized carbons (Fsp3) is 0.841. The number of aliphatic hydroxyl groups is 5. The van der Waals surface area contributed by atoms with E-state index in [1.165, 1.54) is 167 Å². The van der Waals surface area contributed by atoms with Crippen LogP contribution in [0.15, 0.2) is 48.6 Å². The van der Waals surface area contributed by atoms with E-state index in [4.69, 9.17) is 14.2 Å². The highest BCUT2D eigenvalue weighted by Gasteiger charge is 2.44. The molecule has 0 bridgehead atoms. The number of carbonyl (C=O) groups is 2. The summed E-state index contributed by atoms with van der Waals surface area (Å²) in [5, 5.41) is 54.2. The maximum atomic E-state index is 13.0. The van der Waals surface area contributed by atoms with Crippen molar-refractivity contribution in [3.63, 3.8) is 0 Å². The lowest BCUT2D eigenvalue weighted by molar-refractivity contribution is -0.302. The van der Waals surface area contributed by atoms with Gasteiger partial charge in [0.15, 0.2) is 6.29 Å². The first-order valence-corrected chi connectivity index (χ1v) is 30.9. The molecule has 0 saturated carbocycles. The van der Waals surface area contributed by atoms with E-state index in [1.54, 1.807) is 6.08 Å². The third kappa shape index (κ3) is 41.7. The summed E-state index contributed by atoms with van der Waals surface area (Å²) in [6, 6.07) is -0.816. The Morgan fingerprint density at radius 2 is 0.905 bits per heavy atom. The molecule has 0 spiro atoms. The van der Waals surface area contributed by atoms with Crippen LogP contribution in [0, 0.1) is 0 Å². The number of ether oxygens (including phenoxy) is 3. The second kappa shape index (κ2) is 52.7. The molecule has 6 N–H and O–H groups in total. The summed E-state index contributed by atoms with van der Waals surface area (Å²) in [5.41, 5.74) is 0. The molecule has 1 saturated heterocycles. The Kier molecular flexibility index (Phi) is 49.6. The van der Waals surface area contributed by atoms with E-state index in [0.717, 1.165) is 83.5 Å². The highest BCUT2D eigenvalue weighted by atomic mass is 16.7. The normalized spacial score (nSPS) is 19.1. The summed E-state index contributed by atoms with van der Waals surface area (Å²) in [4.78, 5) is 25.1. The van der Waals surface area contributed by atoms with Crippen LogP contribution in [0.5, 0.6) is 0 Å². The fourth-order valence-corrected chi connectivity index (χ4v) is 9.46. The van der Waals surface area contributed by atoms with Crippen molar-refractivity contribution in [3.8, 4) is 0 Å². The molecule has 11 nitrogen and oxygen atoms in total. The third-order valence-corrected chi connectivity index (χ3v) is 14.4. The molecule has 0 radical (unpaired) electrons. The van der Waals surface area contributed by atoms with Gasteiger partial charge in [0.1, 0.15) is 24.4 Å². The molecule has 1 rings (SSSR count). The number of allylic oxidation sites excluding steroid dienone is 7. The number of unbranched alkanes of at least 4 members (excludes halogenated alkanes) is 33. The van der Waals surface area contributed by atoms with Crippen LogP contribution in [0.2, 0.25) is 0 Å². The molecule has 1 heterocycles. The van der Waals surface area contributed by atoms with Crippen LogP contribution in [0.1, 0.15) is 277 Å². The Morgan fingerprint density at radius 1 is 0.500 bits per heavy atom. The number of esters is 1. The summed E-state index contributed by atoms with van der Waals surface area (Å²) in [5.74, 6) is -0.209. The summed E-state index contributed by atoms with van der Waals surface area (Å²) < 4.78 is 16.7. The zero-order valence-electron chi connectivity index (χ0n) is 47.6. The van der Waals surface area contributed by atoms with E-state index in [1.807, 2.05) is 6.08 Å². The van der Waals surface area contributed by atoms with Crippen molar-refractivity contribution in [1.29, 1.82) is 0 Å². The average Bonchev–Trinajstić information content (AvgIpc) is 3.40. The molecule has 1 aliphatic rings. The molecule has 0 aromatic rings. The maximum Gasteiger partial charge on any atom is 0.305 e. The number of rotatable bonds is 53. The lowest BCUT2D eigenvalue weighted by atomic mass is 9.99. The molecule has 11 heteroatoms. The molecular weight excluding hydrogens is 931 g/mol. The largest absolute Gasteiger partial charge is 0.466 e. The van der Waals surface area contributed by atoms with Gasteiger partial charge in [-0.2, -0.15) is 0 Å². The Labute approximate surface area is 453 Å². The fourth-order valence-electron chi connectivity index (χ4n) is 9.46. The van der Waals surface area contributed by atoms with E-state index in [-0.39, 0.29) is 18.5 Å². The van der Waals surface area contributed by atoms with Gasteiger partial charge in [-0.05, 0) is 89.9 Å². The highest BCUT2D eigenvalue weighted by Crippen LogP contribution is 2.23. The predicted octanol–water partition coefficient (Wildman–Crippen LogP) is 14.5. The molecule has 1 amide bonds. The van der Waals surface area contributed by atoms with Crippen LogP contribution < -0.4 is 5.32 Å². The highest BCUT2D eigenvalue weighted by molar-refractivity contribution is 5.76. The van der Waals surface area contributed by atoms with Crippen molar-refractivity contribution in [1.82, 2.24) is 5.32 Å². The van der Waals surface area contributed by atoms with Crippen molar-refractivity contribution in [3.05, 3.63) is 48.6 Å². The molecule has 0 aromatic carbocycles. The van der Waals surface area contributed by atoms with Gasteiger partial charge in [-0.15, -0.1) is 0 Å². The van der Waals surface area contributed by atoms with Crippen LogP contribution in [0.25, 0.3) is 0 Å². The van der Waals surface area contributed by atoms with E-state index in [2.05, 4.69) is 55.6 Å². The van der Waals surface area contributed by atoms with Gasteiger partial charge in [0, 0.05) is 12.8 Å². The number of carbonyl (C=O) groups excluding carboxylic acids is 2. The van der Waals surface area contributed by atoms with Crippen LogP contribution in [0.4, 0.5) is 0 Å². The molecular formula is C63H115NO10. The van der Waals surface area contributed by atoms with Crippen LogP contribution in [-0.2, 0) is 23.8 Å². The number of amides is 1. The van der Waals surface area contributed by atoms with E-state index in [9.17, 15) is 35.1 Å². The van der Waals surface area contributed by atoms with E-state index >= 15 is 0 Å². The summed E-state index contributed by atoms with van der Waals surface area (Å²) in [6.07, 6.45) is 56.5. The Balaban J connectivity index is 2.01. The first-order valence-electron chi connectivity index (χ1n) is 30.9. The molecule has 7 unspecified atom stereocenters.